The second kappa shape index (κ2) is 7.77. The summed E-state index contributed by atoms with van der Waals surface area (Å²) in [6, 6.07) is 2.29. The molecule has 1 aromatic rings. The Labute approximate surface area is 116 Å². The molecule has 9 heteroatoms. The molecule has 0 fully saturated rings. The average Bonchev–Trinajstić information content (AvgIpc) is 2.41. The standard InChI is InChI=1S/C11H18N6O3/c1-2-5-13-9-4-3-8(17(19)20)10(16-9)14-6-7-15-11(12)18/h3-4H,2,5-7H2,1H3,(H3,12,15,18)(H2,13,14,16). The molecule has 5 N–H and O–H groups in total. The number of anilines is 2. The number of nitro groups is 1. The van der Waals surface area contributed by atoms with E-state index in [-0.39, 0.29) is 24.6 Å². The summed E-state index contributed by atoms with van der Waals surface area (Å²) in [6.07, 6.45) is 0.921. The van der Waals surface area contributed by atoms with Crippen LogP contribution in [0.1, 0.15) is 13.3 Å². The van der Waals surface area contributed by atoms with E-state index in [4.69, 9.17) is 5.73 Å². The lowest BCUT2D eigenvalue weighted by atomic mass is 10.3. The molecular formula is C11H18N6O3. The zero-order valence-electron chi connectivity index (χ0n) is 11.2. The van der Waals surface area contributed by atoms with Gasteiger partial charge < -0.3 is 21.7 Å². The lowest BCUT2D eigenvalue weighted by molar-refractivity contribution is -0.384. The molecular weight excluding hydrogens is 264 g/mol. The summed E-state index contributed by atoms with van der Waals surface area (Å²) in [4.78, 5) is 25.0. The van der Waals surface area contributed by atoms with Gasteiger partial charge in [0, 0.05) is 25.7 Å². The Bertz CT molecular complexity index is 479. The van der Waals surface area contributed by atoms with Crippen LogP contribution in [0.15, 0.2) is 12.1 Å². The van der Waals surface area contributed by atoms with Crippen molar-refractivity contribution < 1.29 is 9.72 Å². The third-order valence-electron chi connectivity index (χ3n) is 2.34. The summed E-state index contributed by atoms with van der Waals surface area (Å²) in [5.74, 6) is 0.713. The molecule has 0 radical (unpaired) electrons. The number of nitrogens with one attached hydrogen (secondary N) is 3. The number of carbonyl (C=O) groups is 1. The van der Waals surface area contributed by atoms with Crippen LogP contribution in [0.25, 0.3) is 0 Å². The van der Waals surface area contributed by atoms with Crippen molar-refractivity contribution >= 4 is 23.4 Å². The number of rotatable bonds is 8. The quantitative estimate of drug-likeness (QED) is 0.317. The van der Waals surface area contributed by atoms with Crippen molar-refractivity contribution in [2.24, 2.45) is 5.73 Å². The fourth-order valence-electron chi connectivity index (χ4n) is 1.45. The highest BCUT2D eigenvalue weighted by molar-refractivity contribution is 5.71. The number of hydrogen-bond donors (Lipinski definition) is 4. The number of hydrogen-bond acceptors (Lipinski definition) is 6. The molecule has 0 saturated heterocycles. The predicted octanol–water partition coefficient (Wildman–Crippen LogP) is 0.892. The molecule has 2 amide bonds. The summed E-state index contributed by atoms with van der Waals surface area (Å²) in [7, 11) is 0. The van der Waals surface area contributed by atoms with E-state index in [1.807, 2.05) is 6.92 Å². The summed E-state index contributed by atoms with van der Waals surface area (Å²) < 4.78 is 0. The van der Waals surface area contributed by atoms with Crippen molar-refractivity contribution in [3.63, 3.8) is 0 Å². The van der Waals surface area contributed by atoms with Crippen molar-refractivity contribution in [3.05, 3.63) is 22.2 Å². The molecule has 0 unspecified atom stereocenters. The van der Waals surface area contributed by atoms with E-state index >= 15 is 0 Å². The second-order valence-corrected chi connectivity index (χ2v) is 3.97. The number of urea groups is 1. The lowest BCUT2D eigenvalue weighted by Gasteiger charge is -2.09. The van der Waals surface area contributed by atoms with E-state index in [1.165, 1.54) is 6.07 Å². The molecule has 1 heterocycles. The highest BCUT2D eigenvalue weighted by atomic mass is 16.6. The van der Waals surface area contributed by atoms with Gasteiger partial charge in [-0.3, -0.25) is 10.1 Å². The van der Waals surface area contributed by atoms with Crippen LogP contribution in [0.4, 0.5) is 22.1 Å². The van der Waals surface area contributed by atoms with Gasteiger partial charge in [-0.2, -0.15) is 0 Å². The number of amides is 2. The van der Waals surface area contributed by atoms with Crippen molar-refractivity contribution in [1.82, 2.24) is 10.3 Å². The highest BCUT2D eigenvalue weighted by Gasteiger charge is 2.15. The highest BCUT2D eigenvalue weighted by Crippen LogP contribution is 2.23. The van der Waals surface area contributed by atoms with Crippen LogP contribution in [0.2, 0.25) is 0 Å². The Hall–Kier alpha value is -2.58. The fourth-order valence-corrected chi connectivity index (χ4v) is 1.45. The molecule has 0 bridgehead atoms. The molecule has 0 aliphatic heterocycles. The van der Waals surface area contributed by atoms with Crippen LogP contribution in [0.5, 0.6) is 0 Å². The minimum absolute atomic E-state index is 0.119. The van der Waals surface area contributed by atoms with Crippen molar-refractivity contribution in [3.8, 4) is 0 Å². The maximum Gasteiger partial charge on any atom is 0.312 e. The monoisotopic (exact) mass is 282 g/mol. The van der Waals surface area contributed by atoms with E-state index in [2.05, 4.69) is 20.9 Å². The molecule has 0 atom stereocenters. The molecule has 1 rings (SSSR count). The van der Waals surface area contributed by atoms with Crippen LogP contribution in [0.3, 0.4) is 0 Å². The molecule has 0 aliphatic carbocycles. The van der Waals surface area contributed by atoms with E-state index < -0.39 is 11.0 Å². The average molecular weight is 282 g/mol. The molecule has 0 aliphatic rings. The lowest BCUT2D eigenvalue weighted by Crippen LogP contribution is -2.33. The Morgan fingerprint density at radius 3 is 2.70 bits per heavy atom. The van der Waals surface area contributed by atoms with Gasteiger partial charge in [0.05, 0.1) is 4.92 Å². The second-order valence-electron chi connectivity index (χ2n) is 3.97. The molecule has 0 spiro atoms. The molecule has 20 heavy (non-hydrogen) atoms. The van der Waals surface area contributed by atoms with Crippen LogP contribution >= 0.6 is 0 Å². The predicted molar refractivity (Wildman–Crippen MR) is 75.7 cm³/mol. The smallest absolute Gasteiger partial charge is 0.312 e. The van der Waals surface area contributed by atoms with Gasteiger partial charge in [0.25, 0.3) is 0 Å². The van der Waals surface area contributed by atoms with Gasteiger partial charge >= 0.3 is 11.7 Å². The number of nitrogens with two attached hydrogens (primary N) is 1. The van der Waals surface area contributed by atoms with E-state index in [1.54, 1.807) is 6.07 Å². The number of primary amides is 1. The number of pyridine rings is 1. The summed E-state index contributed by atoms with van der Waals surface area (Å²) in [5, 5.41) is 19.1. The van der Waals surface area contributed by atoms with E-state index in [0.29, 0.717) is 5.82 Å². The van der Waals surface area contributed by atoms with Crippen molar-refractivity contribution in [2.75, 3.05) is 30.3 Å². The zero-order valence-corrected chi connectivity index (χ0v) is 11.2. The zero-order chi connectivity index (χ0) is 15.0. The first kappa shape index (κ1) is 15.5. The topological polar surface area (TPSA) is 135 Å². The molecule has 110 valence electrons. The maximum atomic E-state index is 10.9. The van der Waals surface area contributed by atoms with Gasteiger partial charge in [0.15, 0.2) is 0 Å². The normalized spacial score (nSPS) is 9.85. The van der Waals surface area contributed by atoms with Gasteiger partial charge in [-0.1, -0.05) is 6.92 Å². The Morgan fingerprint density at radius 2 is 2.10 bits per heavy atom. The number of carbonyl (C=O) groups excluding carboxylic acids is 1. The largest absolute Gasteiger partial charge is 0.370 e. The Morgan fingerprint density at radius 1 is 1.35 bits per heavy atom. The van der Waals surface area contributed by atoms with Crippen molar-refractivity contribution in [1.29, 1.82) is 0 Å². The molecule has 0 aromatic carbocycles. The van der Waals surface area contributed by atoms with Crippen LogP contribution in [-0.2, 0) is 0 Å². The fraction of sp³-hybridized carbons (Fsp3) is 0.455. The van der Waals surface area contributed by atoms with Crippen molar-refractivity contribution in [2.45, 2.75) is 13.3 Å². The summed E-state index contributed by atoms with van der Waals surface area (Å²) in [5.41, 5.74) is 4.80. The van der Waals surface area contributed by atoms with Gasteiger partial charge in [-0.15, -0.1) is 0 Å². The molecule has 1 aromatic heterocycles. The SMILES string of the molecule is CCCNc1ccc([N+](=O)[O-])c(NCCNC(N)=O)n1. The maximum absolute atomic E-state index is 10.9. The van der Waals surface area contributed by atoms with Gasteiger partial charge in [0.2, 0.25) is 5.82 Å². The minimum atomic E-state index is -0.646. The van der Waals surface area contributed by atoms with Crippen LogP contribution < -0.4 is 21.7 Å². The summed E-state index contributed by atoms with van der Waals surface area (Å²) in [6.45, 7) is 3.27. The Balaban J connectivity index is 2.72. The third-order valence-corrected chi connectivity index (χ3v) is 2.34. The first-order valence-electron chi connectivity index (χ1n) is 6.21. The van der Waals surface area contributed by atoms with E-state index in [0.717, 1.165) is 13.0 Å². The molecule has 9 nitrogen and oxygen atoms in total. The summed E-state index contributed by atoms with van der Waals surface area (Å²) >= 11 is 0. The first-order valence-corrected chi connectivity index (χ1v) is 6.21. The van der Waals surface area contributed by atoms with Crippen LogP contribution in [0, 0.1) is 10.1 Å². The third kappa shape index (κ3) is 4.96. The van der Waals surface area contributed by atoms with Gasteiger partial charge in [0.1, 0.15) is 5.82 Å². The molecule has 0 saturated carbocycles. The number of aromatic nitrogens is 1. The van der Waals surface area contributed by atoms with E-state index in [9.17, 15) is 14.9 Å². The Kier molecular flexibility index (Phi) is 6.01. The van der Waals surface area contributed by atoms with Gasteiger partial charge in [-0.25, -0.2) is 9.78 Å². The minimum Gasteiger partial charge on any atom is -0.370 e. The number of nitrogens with zero attached hydrogens (tertiary/aromatic N) is 2. The first-order chi connectivity index (χ1) is 9.54. The van der Waals surface area contributed by atoms with Crippen LogP contribution in [-0.4, -0.2) is 35.6 Å². The van der Waals surface area contributed by atoms with Gasteiger partial charge in [-0.05, 0) is 12.5 Å².